The molecule has 0 N–H and O–H groups in total. The number of tetrazole rings is 1. The van der Waals surface area contributed by atoms with Crippen LogP contribution < -0.4 is 0 Å². The molecule has 0 aliphatic rings. The molecule has 0 aromatic carbocycles. The first kappa shape index (κ1) is 6.72. The van der Waals surface area contributed by atoms with Gasteiger partial charge in [0, 0.05) is 11.5 Å². The van der Waals surface area contributed by atoms with Crippen molar-refractivity contribution in [2.45, 2.75) is 5.33 Å². The van der Waals surface area contributed by atoms with E-state index in [1.807, 2.05) is 18.3 Å². The fraction of sp³-hybridized carbons (Fsp3) is 0.167. The Kier molecular flexibility index (Phi) is 1.58. The molecule has 0 saturated heterocycles. The van der Waals surface area contributed by atoms with E-state index >= 15 is 0 Å². The van der Waals surface area contributed by atoms with Crippen LogP contribution in [-0.4, -0.2) is 20.0 Å². The van der Waals surface area contributed by atoms with Gasteiger partial charge in [0.25, 0.3) is 0 Å². The van der Waals surface area contributed by atoms with Crippen molar-refractivity contribution in [1.82, 2.24) is 20.0 Å². The van der Waals surface area contributed by atoms with Gasteiger partial charge < -0.3 is 0 Å². The van der Waals surface area contributed by atoms with E-state index < -0.39 is 0 Å². The van der Waals surface area contributed by atoms with Gasteiger partial charge >= 0.3 is 0 Å². The Balaban J connectivity index is 2.67. The standard InChI is InChI=1S/C6H5BrN4/c7-4-5-1-2-11-6(3-5)8-9-10-11/h1-3H,4H2. The van der Waals surface area contributed by atoms with Gasteiger partial charge in [0.2, 0.25) is 0 Å². The minimum Gasteiger partial charge on any atom is -0.201 e. The summed E-state index contributed by atoms with van der Waals surface area (Å²) >= 11 is 3.35. The average molecular weight is 213 g/mol. The molecule has 11 heavy (non-hydrogen) atoms. The topological polar surface area (TPSA) is 43.1 Å². The number of alkyl halides is 1. The van der Waals surface area contributed by atoms with Crippen LogP contribution in [0.2, 0.25) is 0 Å². The third-order valence-electron chi connectivity index (χ3n) is 1.42. The summed E-state index contributed by atoms with van der Waals surface area (Å²) in [5, 5.41) is 11.9. The predicted octanol–water partition coefficient (Wildman–Crippen LogP) is 1.02. The lowest BCUT2D eigenvalue weighted by Crippen LogP contribution is -1.87. The summed E-state index contributed by atoms with van der Waals surface area (Å²) in [4.78, 5) is 0. The second-order valence-corrected chi connectivity index (χ2v) is 2.71. The van der Waals surface area contributed by atoms with Crippen LogP contribution in [0.3, 0.4) is 0 Å². The highest BCUT2D eigenvalue weighted by atomic mass is 79.9. The fourth-order valence-corrected chi connectivity index (χ4v) is 1.21. The summed E-state index contributed by atoms with van der Waals surface area (Å²) < 4.78 is 1.63. The lowest BCUT2D eigenvalue weighted by atomic mass is 10.3. The summed E-state index contributed by atoms with van der Waals surface area (Å²) in [5.74, 6) is 0. The Labute approximate surface area is 71.3 Å². The van der Waals surface area contributed by atoms with Crippen LogP contribution in [0.15, 0.2) is 18.3 Å². The Morgan fingerprint density at radius 1 is 1.55 bits per heavy atom. The maximum absolute atomic E-state index is 3.81. The smallest absolute Gasteiger partial charge is 0.179 e. The molecule has 0 radical (unpaired) electrons. The summed E-state index contributed by atoms with van der Waals surface area (Å²) in [5.41, 5.74) is 1.95. The third kappa shape index (κ3) is 1.11. The van der Waals surface area contributed by atoms with Gasteiger partial charge in [0.05, 0.1) is 0 Å². The van der Waals surface area contributed by atoms with Gasteiger partial charge in [-0.15, -0.1) is 5.10 Å². The van der Waals surface area contributed by atoms with E-state index in [-0.39, 0.29) is 0 Å². The second kappa shape index (κ2) is 2.58. The molecule has 0 bridgehead atoms. The van der Waals surface area contributed by atoms with Crippen LogP contribution in [0.25, 0.3) is 5.65 Å². The minimum atomic E-state index is 0.780. The molecule has 0 amide bonds. The van der Waals surface area contributed by atoms with Crippen LogP contribution >= 0.6 is 15.9 Å². The number of nitrogens with zero attached hydrogens (tertiary/aromatic N) is 4. The summed E-state index contributed by atoms with van der Waals surface area (Å²) in [6.45, 7) is 0. The van der Waals surface area contributed by atoms with Crippen LogP contribution in [-0.2, 0) is 5.33 Å². The van der Waals surface area contributed by atoms with Gasteiger partial charge in [-0.3, -0.25) is 0 Å². The maximum atomic E-state index is 3.81. The molecule has 0 aliphatic heterocycles. The molecule has 0 spiro atoms. The van der Waals surface area contributed by atoms with Gasteiger partial charge in [-0.25, -0.2) is 4.52 Å². The Hall–Kier alpha value is -0.970. The monoisotopic (exact) mass is 212 g/mol. The van der Waals surface area contributed by atoms with E-state index in [0.29, 0.717) is 0 Å². The minimum absolute atomic E-state index is 0.780. The molecule has 0 unspecified atom stereocenters. The van der Waals surface area contributed by atoms with Crippen molar-refractivity contribution in [3.63, 3.8) is 0 Å². The lowest BCUT2D eigenvalue weighted by Gasteiger charge is -1.92. The Morgan fingerprint density at radius 3 is 3.27 bits per heavy atom. The molecular formula is C6H5BrN4. The van der Waals surface area contributed by atoms with E-state index in [9.17, 15) is 0 Å². The largest absolute Gasteiger partial charge is 0.201 e. The Bertz CT molecular complexity index is 369. The first-order valence-corrected chi connectivity index (χ1v) is 4.25. The first-order valence-electron chi connectivity index (χ1n) is 3.13. The number of hydrogen-bond acceptors (Lipinski definition) is 3. The molecular weight excluding hydrogens is 208 g/mol. The van der Waals surface area contributed by atoms with Gasteiger partial charge in [-0.2, -0.15) is 0 Å². The van der Waals surface area contributed by atoms with E-state index in [1.54, 1.807) is 4.52 Å². The third-order valence-corrected chi connectivity index (χ3v) is 2.06. The van der Waals surface area contributed by atoms with Gasteiger partial charge in [-0.1, -0.05) is 15.9 Å². The van der Waals surface area contributed by atoms with Gasteiger partial charge in [-0.05, 0) is 28.1 Å². The van der Waals surface area contributed by atoms with Crippen molar-refractivity contribution in [3.8, 4) is 0 Å². The van der Waals surface area contributed by atoms with Crippen molar-refractivity contribution >= 4 is 21.6 Å². The Morgan fingerprint density at radius 2 is 2.45 bits per heavy atom. The predicted molar refractivity (Wildman–Crippen MR) is 43.4 cm³/mol. The molecule has 2 aromatic heterocycles. The molecule has 0 saturated carbocycles. The number of rotatable bonds is 1. The summed E-state index contributed by atoms with van der Waals surface area (Å²) in [6, 6.07) is 3.91. The van der Waals surface area contributed by atoms with Crippen molar-refractivity contribution in [2.75, 3.05) is 0 Å². The molecule has 2 aromatic rings. The van der Waals surface area contributed by atoms with Gasteiger partial charge in [0.1, 0.15) is 0 Å². The second-order valence-electron chi connectivity index (χ2n) is 2.15. The molecule has 0 atom stereocenters. The number of fused-ring (bicyclic) bond motifs is 1. The number of aromatic nitrogens is 4. The molecule has 0 aliphatic carbocycles. The summed E-state index contributed by atoms with van der Waals surface area (Å²) in [6.07, 6.45) is 1.84. The van der Waals surface area contributed by atoms with E-state index in [2.05, 4.69) is 31.5 Å². The fourth-order valence-electron chi connectivity index (χ4n) is 0.865. The quantitative estimate of drug-likeness (QED) is 0.664. The molecule has 5 heteroatoms. The average Bonchev–Trinajstić information content (AvgIpc) is 2.50. The first-order chi connectivity index (χ1) is 5.40. The van der Waals surface area contributed by atoms with Crippen molar-refractivity contribution in [2.24, 2.45) is 0 Å². The molecule has 2 rings (SSSR count). The zero-order valence-electron chi connectivity index (χ0n) is 5.61. The van der Waals surface area contributed by atoms with E-state index in [1.165, 1.54) is 5.56 Å². The zero-order valence-corrected chi connectivity index (χ0v) is 7.19. The number of halogens is 1. The van der Waals surface area contributed by atoms with Crippen LogP contribution in [0.5, 0.6) is 0 Å². The molecule has 2 heterocycles. The van der Waals surface area contributed by atoms with Crippen LogP contribution in [0.4, 0.5) is 0 Å². The van der Waals surface area contributed by atoms with E-state index in [4.69, 9.17) is 0 Å². The molecule has 0 fully saturated rings. The number of pyridine rings is 1. The van der Waals surface area contributed by atoms with Crippen molar-refractivity contribution in [3.05, 3.63) is 23.9 Å². The van der Waals surface area contributed by atoms with Crippen LogP contribution in [0.1, 0.15) is 5.56 Å². The number of hydrogen-bond donors (Lipinski definition) is 0. The van der Waals surface area contributed by atoms with Gasteiger partial charge in [0.15, 0.2) is 5.65 Å². The lowest BCUT2D eigenvalue weighted by molar-refractivity contribution is 0.822. The highest BCUT2D eigenvalue weighted by Crippen LogP contribution is 2.06. The normalized spacial score (nSPS) is 10.6. The SMILES string of the molecule is BrCc1ccn2nnnc2c1. The van der Waals surface area contributed by atoms with E-state index in [0.717, 1.165) is 11.0 Å². The molecule has 56 valence electrons. The van der Waals surface area contributed by atoms with Crippen molar-refractivity contribution in [1.29, 1.82) is 0 Å². The summed E-state index contributed by atoms with van der Waals surface area (Å²) in [7, 11) is 0. The van der Waals surface area contributed by atoms with Crippen LogP contribution in [0, 0.1) is 0 Å². The highest BCUT2D eigenvalue weighted by molar-refractivity contribution is 9.08. The molecule has 4 nitrogen and oxygen atoms in total. The van der Waals surface area contributed by atoms with Crippen molar-refractivity contribution < 1.29 is 0 Å². The zero-order chi connectivity index (χ0) is 7.68. The highest BCUT2D eigenvalue weighted by Gasteiger charge is 1.96. The maximum Gasteiger partial charge on any atom is 0.179 e.